The molecule has 8 heteroatoms. The van der Waals surface area contributed by atoms with Crippen LogP contribution in [0.2, 0.25) is 0 Å². The predicted octanol–water partition coefficient (Wildman–Crippen LogP) is 2.07. The number of sulfonamides is 1. The normalized spacial score (nSPS) is 24.0. The summed E-state index contributed by atoms with van der Waals surface area (Å²) >= 11 is 3.29. The van der Waals surface area contributed by atoms with Gasteiger partial charge in [-0.1, -0.05) is 0 Å². The predicted molar refractivity (Wildman–Crippen MR) is 84.9 cm³/mol. The minimum Gasteiger partial charge on any atom is -0.373 e. The van der Waals surface area contributed by atoms with Crippen LogP contribution in [0, 0.1) is 0 Å². The van der Waals surface area contributed by atoms with E-state index in [-0.39, 0.29) is 17.1 Å². The first-order valence-electron chi connectivity index (χ1n) is 6.89. The molecule has 1 N–H and O–H groups in total. The quantitative estimate of drug-likeness (QED) is 0.869. The molecule has 1 aliphatic rings. The van der Waals surface area contributed by atoms with Crippen molar-refractivity contribution in [2.24, 2.45) is 0 Å². The fourth-order valence-electron chi connectivity index (χ4n) is 2.38. The largest absolute Gasteiger partial charge is 0.373 e. The summed E-state index contributed by atoms with van der Waals surface area (Å²) in [6.45, 7) is 6.96. The van der Waals surface area contributed by atoms with Crippen LogP contribution >= 0.6 is 15.9 Å². The summed E-state index contributed by atoms with van der Waals surface area (Å²) in [4.78, 5) is 4.37. The zero-order valence-electron chi connectivity index (χ0n) is 12.3. The highest BCUT2D eigenvalue weighted by Crippen LogP contribution is 2.28. The second-order valence-electron chi connectivity index (χ2n) is 5.11. The van der Waals surface area contributed by atoms with Crippen LogP contribution in [-0.4, -0.2) is 49.5 Å². The van der Waals surface area contributed by atoms with Gasteiger partial charge in [0.2, 0.25) is 10.0 Å². The Morgan fingerprint density at radius 3 is 2.62 bits per heavy atom. The van der Waals surface area contributed by atoms with Gasteiger partial charge in [-0.3, -0.25) is 0 Å². The second kappa shape index (κ2) is 6.60. The lowest BCUT2D eigenvalue weighted by atomic mass is 10.3. The van der Waals surface area contributed by atoms with Gasteiger partial charge >= 0.3 is 0 Å². The number of rotatable bonds is 4. The van der Waals surface area contributed by atoms with Crippen LogP contribution in [0.3, 0.4) is 0 Å². The van der Waals surface area contributed by atoms with Gasteiger partial charge in [0.25, 0.3) is 0 Å². The van der Waals surface area contributed by atoms with E-state index in [4.69, 9.17) is 4.74 Å². The van der Waals surface area contributed by atoms with E-state index < -0.39 is 10.0 Å². The molecule has 2 heterocycles. The molecule has 0 aromatic carbocycles. The van der Waals surface area contributed by atoms with Crippen LogP contribution in [-0.2, 0) is 14.8 Å². The highest BCUT2D eigenvalue weighted by Gasteiger charge is 2.34. The van der Waals surface area contributed by atoms with Crippen molar-refractivity contribution in [1.82, 2.24) is 9.29 Å². The molecule has 6 nitrogen and oxygen atoms in total. The van der Waals surface area contributed by atoms with Gasteiger partial charge in [0.1, 0.15) is 10.7 Å². The number of nitrogens with zero attached hydrogens (tertiary/aromatic N) is 2. The lowest BCUT2D eigenvalue weighted by Crippen LogP contribution is -2.48. The van der Waals surface area contributed by atoms with Crippen LogP contribution in [0.1, 0.15) is 20.8 Å². The first-order chi connectivity index (χ1) is 9.84. The van der Waals surface area contributed by atoms with E-state index >= 15 is 0 Å². The number of aromatic nitrogens is 1. The van der Waals surface area contributed by atoms with Gasteiger partial charge in [0, 0.05) is 30.3 Å². The highest BCUT2D eigenvalue weighted by molar-refractivity contribution is 9.10. The Balaban J connectivity index is 2.41. The molecule has 1 aromatic rings. The zero-order valence-corrected chi connectivity index (χ0v) is 14.7. The van der Waals surface area contributed by atoms with Crippen LogP contribution in [0.5, 0.6) is 0 Å². The summed E-state index contributed by atoms with van der Waals surface area (Å²) in [6.07, 6.45) is 1.35. The first kappa shape index (κ1) is 16.7. The fourth-order valence-corrected chi connectivity index (χ4v) is 4.60. The maximum Gasteiger partial charge on any atom is 0.246 e. The average molecular weight is 378 g/mol. The van der Waals surface area contributed by atoms with Gasteiger partial charge in [-0.25, -0.2) is 13.4 Å². The molecule has 0 saturated carbocycles. The van der Waals surface area contributed by atoms with E-state index in [1.165, 1.54) is 4.31 Å². The Bertz CT molecular complexity index is 599. The highest BCUT2D eigenvalue weighted by atomic mass is 79.9. The summed E-state index contributed by atoms with van der Waals surface area (Å²) in [5.74, 6) is 0.382. The van der Waals surface area contributed by atoms with Crippen molar-refractivity contribution in [1.29, 1.82) is 0 Å². The molecule has 1 aliphatic heterocycles. The van der Waals surface area contributed by atoms with Crippen molar-refractivity contribution < 1.29 is 13.2 Å². The van der Waals surface area contributed by atoms with Gasteiger partial charge in [-0.05, 0) is 42.8 Å². The lowest BCUT2D eigenvalue weighted by molar-refractivity contribution is -0.0440. The van der Waals surface area contributed by atoms with Gasteiger partial charge in [0.15, 0.2) is 0 Å². The van der Waals surface area contributed by atoms with Crippen molar-refractivity contribution in [3.63, 3.8) is 0 Å². The average Bonchev–Trinajstić information content (AvgIpc) is 2.40. The molecule has 118 valence electrons. The van der Waals surface area contributed by atoms with Crippen LogP contribution in [0.4, 0.5) is 5.82 Å². The van der Waals surface area contributed by atoms with Crippen LogP contribution in [0.25, 0.3) is 0 Å². The third kappa shape index (κ3) is 3.74. The zero-order chi connectivity index (χ0) is 15.6. The molecule has 1 aromatic heterocycles. The molecule has 1 fully saturated rings. The first-order valence-corrected chi connectivity index (χ1v) is 9.13. The number of morpholine rings is 1. The van der Waals surface area contributed by atoms with Crippen molar-refractivity contribution >= 4 is 31.8 Å². The maximum atomic E-state index is 12.9. The maximum absolute atomic E-state index is 12.9. The molecule has 21 heavy (non-hydrogen) atoms. The molecule has 0 amide bonds. The fraction of sp³-hybridized carbons (Fsp3) is 0.615. The van der Waals surface area contributed by atoms with Crippen molar-refractivity contribution in [3.8, 4) is 0 Å². The number of hydrogen-bond donors (Lipinski definition) is 1. The van der Waals surface area contributed by atoms with Crippen molar-refractivity contribution in [3.05, 3.63) is 16.7 Å². The Morgan fingerprint density at radius 1 is 1.43 bits per heavy atom. The van der Waals surface area contributed by atoms with Crippen molar-refractivity contribution in [2.45, 2.75) is 37.9 Å². The number of halogens is 1. The van der Waals surface area contributed by atoms with E-state index in [1.54, 1.807) is 12.3 Å². The number of hydrogen-bond acceptors (Lipinski definition) is 5. The van der Waals surface area contributed by atoms with E-state index in [0.29, 0.717) is 29.9 Å². The van der Waals surface area contributed by atoms with E-state index in [9.17, 15) is 8.42 Å². The lowest BCUT2D eigenvalue weighted by Gasteiger charge is -2.34. The molecule has 0 spiro atoms. The Kier molecular flexibility index (Phi) is 5.24. The molecular weight excluding hydrogens is 358 g/mol. The van der Waals surface area contributed by atoms with E-state index in [2.05, 4.69) is 26.2 Å². The standard InChI is InChI=1S/C13H20BrN3O3S/c1-4-15-13-12(5-11(14)6-16-13)21(18,19)17-7-9(2)20-10(3)8-17/h5-6,9-10H,4,7-8H2,1-3H3,(H,15,16)/t9-,10+. The second-order valence-corrected chi connectivity index (χ2v) is 7.93. The molecule has 0 aliphatic carbocycles. The van der Waals surface area contributed by atoms with Gasteiger partial charge in [-0.15, -0.1) is 0 Å². The van der Waals surface area contributed by atoms with Gasteiger partial charge < -0.3 is 10.1 Å². The van der Waals surface area contributed by atoms with Gasteiger partial charge in [-0.2, -0.15) is 4.31 Å². The number of ether oxygens (including phenoxy) is 1. The minimum absolute atomic E-state index is 0.119. The Labute approximate surface area is 134 Å². The molecular formula is C13H20BrN3O3S. The van der Waals surface area contributed by atoms with Crippen molar-refractivity contribution in [2.75, 3.05) is 25.0 Å². The van der Waals surface area contributed by atoms with Crippen LogP contribution < -0.4 is 5.32 Å². The Morgan fingerprint density at radius 2 is 2.05 bits per heavy atom. The summed E-state index contributed by atoms with van der Waals surface area (Å²) in [7, 11) is -3.60. The number of anilines is 1. The minimum atomic E-state index is -3.60. The third-order valence-corrected chi connectivity index (χ3v) is 5.45. The SMILES string of the molecule is CCNc1ncc(Br)cc1S(=O)(=O)N1C[C@@H](C)O[C@@H](C)C1. The topological polar surface area (TPSA) is 71.5 Å². The molecule has 2 rings (SSSR count). The number of nitrogens with one attached hydrogen (secondary N) is 1. The Hall–Kier alpha value is -0.700. The molecule has 0 unspecified atom stereocenters. The van der Waals surface area contributed by atoms with E-state index in [1.807, 2.05) is 20.8 Å². The smallest absolute Gasteiger partial charge is 0.246 e. The summed E-state index contributed by atoms with van der Waals surface area (Å²) < 4.78 is 33.5. The van der Waals surface area contributed by atoms with Crippen LogP contribution in [0.15, 0.2) is 21.6 Å². The number of pyridine rings is 1. The molecule has 0 bridgehead atoms. The monoisotopic (exact) mass is 377 g/mol. The summed E-state index contributed by atoms with van der Waals surface area (Å²) in [5.41, 5.74) is 0. The molecule has 0 radical (unpaired) electrons. The van der Waals surface area contributed by atoms with Gasteiger partial charge in [0.05, 0.1) is 12.2 Å². The third-order valence-electron chi connectivity index (χ3n) is 3.17. The summed E-state index contributed by atoms with van der Waals surface area (Å²) in [6, 6.07) is 1.59. The molecule has 1 saturated heterocycles. The molecule has 2 atom stereocenters. The van der Waals surface area contributed by atoms with E-state index in [0.717, 1.165) is 0 Å². The summed E-state index contributed by atoms with van der Waals surface area (Å²) in [5, 5.41) is 3.00.